The Hall–Kier alpha value is -2.89. The molecule has 6 heteroatoms. The van der Waals surface area contributed by atoms with Gasteiger partial charge in [-0.15, -0.1) is 0 Å². The number of nitrogens with zero attached hydrogens (tertiary/aromatic N) is 3. The predicted molar refractivity (Wildman–Crippen MR) is 89.4 cm³/mol. The lowest BCUT2D eigenvalue weighted by molar-refractivity contribution is -0.116. The van der Waals surface area contributed by atoms with Crippen molar-refractivity contribution in [2.45, 2.75) is 19.3 Å². The molecule has 3 aromatic rings. The van der Waals surface area contributed by atoms with Crippen molar-refractivity contribution in [1.29, 1.82) is 0 Å². The summed E-state index contributed by atoms with van der Waals surface area (Å²) >= 11 is 0. The molecule has 1 amide bonds. The fourth-order valence-corrected chi connectivity index (χ4v) is 2.79. The van der Waals surface area contributed by atoms with Crippen LogP contribution in [-0.2, 0) is 4.79 Å². The second kappa shape index (κ2) is 5.72. The highest BCUT2D eigenvalue weighted by molar-refractivity contribution is 5.92. The number of carbonyl (C=O) groups excluding carboxylic acids is 1. The summed E-state index contributed by atoms with van der Waals surface area (Å²) in [5, 5.41) is 10.6. The fraction of sp³-hybridized carbons (Fsp3) is 0.235. The summed E-state index contributed by atoms with van der Waals surface area (Å²) < 4.78 is 1.76. The van der Waals surface area contributed by atoms with Gasteiger partial charge in [-0.2, -0.15) is 5.10 Å². The minimum Gasteiger partial charge on any atom is -0.370 e. The van der Waals surface area contributed by atoms with Crippen LogP contribution in [-0.4, -0.2) is 27.0 Å². The standard InChI is InChI=1S/C17H17N5O/c23-16-6-1-2-8-18-15-7-9-22-17(21-15)14(11-19-22)12-4-3-5-13(10-12)20-16/h3-5,7,9-11H,1-2,6,8H2,(H,18,21)(H,20,23). The Labute approximate surface area is 133 Å². The van der Waals surface area contributed by atoms with Gasteiger partial charge in [0.05, 0.1) is 6.20 Å². The molecule has 23 heavy (non-hydrogen) atoms. The summed E-state index contributed by atoms with van der Waals surface area (Å²) in [6.45, 7) is 0.797. The molecule has 0 unspecified atom stereocenters. The minimum atomic E-state index is 0.0519. The second-order valence-corrected chi connectivity index (χ2v) is 5.65. The highest BCUT2D eigenvalue weighted by Gasteiger charge is 2.11. The van der Waals surface area contributed by atoms with Crippen molar-refractivity contribution in [3.05, 3.63) is 42.7 Å². The molecule has 1 aliphatic heterocycles. The molecule has 0 saturated carbocycles. The first-order valence-electron chi connectivity index (χ1n) is 7.78. The van der Waals surface area contributed by atoms with Crippen molar-refractivity contribution in [2.24, 2.45) is 0 Å². The average molecular weight is 307 g/mol. The molecule has 0 saturated heterocycles. The first-order chi connectivity index (χ1) is 11.3. The normalized spacial score (nSPS) is 15.0. The van der Waals surface area contributed by atoms with Gasteiger partial charge >= 0.3 is 0 Å². The first-order valence-corrected chi connectivity index (χ1v) is 7.78. The molecule has 6 nitrogen and oxygen atoms in total. The zero-order chi connectivity index (χ0) is 15.6. The van der Waals surface area contributed by atoms with E-state index in [9.17, 15) is 4.79 Å². The molecule has 1 aliphatic rings. The Morgan fingerprint density at radius 2 is 2.13 bits per heavy atom. The second-order valence-electron chi connectivity index (χ2n) is 5.65. The van der Waals surface area contributed by atoms with Gasteiger partial charge in [0.1, 0.15) is 5.82 Å². The zero-order valence-corrected chi connectivity index (χ0v) is 12.6. The molecule has 116 valence electrons. The van der Waals surface area contributed by atoms with Gasteiger partial charge in [-0.25, -0.2) is 9.50 Å². The smallest absolute Gasteiger partial charge is 0.224 e. The van der Waals surface area contributed by atoms with Crippen LogP contribution in [0.2, 0.25) is 0 Å². The molecule has 2 aromatic heterocycles. The van der Waals surface area contributed by atoms with Crippen molar-refractivity contribution in [2.75, 3.05) is 17.2 Å². The van der Waals surface area contributed by atoms with Crippen LogP contribution in [0.5, 0.6) is 0 Å². The van der Waals surface area contributed by atoms with Crippen LogP contribution in [0.25, 0.3) is 16.8 Å². The molecular weight excluding hydrogens is 290 g/mol. The predicted octanol–water partition coefficient (Wildman–Crippen LogP) is 2.93. The number of anilines is 2. The minimum absolute atomic E-state index is 0.0519. The maximum Gasteiger partial charge on any atom is 0.224 e. The number of hydrogen-bond acceptors (Lipinski definition) is 4. The van der Waals surface area contributed by atoms with E-state index in [0.29, 0.717) is 6.42 Å². The van der Waals surface area contributed by atoms with Gasteiger partial charge in [0.15, 0.2) is 5.65 Å². The molecule has 3 heterocycles. The third kappa shape index (κ3) is 2.75. The molecule has 0 aliphatic carbocycles. The molecule has 0 fully saturated rings. The molecule has 4 bridgehead atoms. The van der Waals surface area contributed by atoms with Crippen LogP contribution in [0.15, 0.2) is 42.7 Å². The van der Waals surface area contributed by atoms with Crippen LogP contribution < -0.4 is 10.6 Å². The topological polar surface area (TPSA) is 71.3 Å². The summed E-state index contributed by atoms with van der Waals surface area (Å²) in [7, 11) is 0. The van der Waals surface area contributed by atoms with E-state index in [1.54, 1.807) is 10.7 Å². The highest BCUT2D eigenvalue weighted by atomic mass is 16.1. The van der Waals surface area contributed by atoms with Gasteiger partial charge in [0, 0.05) is 30.4 Å². The van der Waals surface area contributed by atoms with Crippen molar-refractivity contribution in [3.8, 4) is 11.1 Å². The lowest BCUT2D eigenvalue weighted by atomic mass is 10.1. The lowest BCUT2D eigenvalue weighted by Gasteiger charge is -2.10. The number of amides is 1. The van der Waals surface area contributed by atoms with Crippen LogP contribution in [0.3, 0.4) is 0 Å². The van der Waals surface area contributed by atoms with Crippen molar-refractivity contribution in [1.82, 2.24) is 14.6 Å². The number of rotatable bonds is 0. The van der Waals surface area contributed by atoms with Gasteiger partial charge in [0.2, 0.25) is 5.91 Å². The maximum absolute atomic E-state index is 12.0. The van der Waals surface area contributed by atoms with E-state index in [1.165, 1.54) is 0 Å². The molecule has 0 radical (unpaired) electrons. The first kappa shape index (κ1) is 13.8. The van der Waals surface area contributed by atoms with Crippen LogP contribution >= 0.6 is 0 Å². The summed E-state index contributed by atoms with van der Waals surface area (Å²) in [6, 6.07) is 9.71. The van der Waals surface area contributed by atoms with E-state index in [2.05, 4.69) is 20.7 Å². The van der Waals surface area contributed by atoms with E-state index in [4.69, 9.17) is 0 Å². The molecule has 4 rings (SSSR count). The van der Waals surface area contributed by atoms with E-state index in [1.807, 2.05) is 36.5 Å². The average Bonchev–Trinajstić information content (AvgIpc) is 2.97. The van der Waals surface area contributed by atoms with Crippen molar-refractivity contribution in [3.63, 3.8) is 0 Å². The van der Waals surface area contributed by atoms with Gasteiger partial charge in [-0.1, -0.05) is 12.1 Å². The Balaban J connectivity index is 1.84. The van der Waals surface area contributed by atoms with E-state index >= 15 is 0 Å². The van der Waals surface area contributed by atoms with E-state index in [0.717, 1.165) is 47.7 Å². The van der Waals surface area contributed by atoms with Gasteiger partial charge < -0.3 is 10.6 Å². The summed E-state index contributed by atoms with van der Waals surface area (Å²) in [5.41, 5.74) is 3.54. The van der Waals surface area contributed by atoms with Crippen LogP contribution in [0, 0.1) is 0 Å². The summed E-state index contributed by atoms with van der Waals surface area (Å²) in [4.78, 5) is 16.7. The van der Waals surface area contributed by atoms with Gasteiger partial charge in [0.25, 0.3) is 0 Å². The Morgan fingerprint density at radius 3 is 3.09 bits per heavy atom. The molecule has 0 spiro atoms. The summed E-state index contributed by atoms with van der Waals surface area (Å²) in [5.74, 6) is 0.882. The fourth-order valence-electron chi connectivity index (χ4n) is 2.79. The number of benzene rings is 1. The molecule has 2 N–H and O–H groups in total. The Bertz CT molecular complexity index is 870. The molecule has 1 aromatic carbocycles. The number of nitrogens with one attached hydrogen (secondary N) is 2. The zero-order valence-electron chi connectivity index (χ0n) is 12.6. The number of carbonyl (C=O) groups is 1. The van der Waals surface area contributed by atoms with Gasteiger partial charge in [-0.3, -0.25) is 4.79 Å². The SMILES string of the molecule is O=C1CCCCNc2ccn3ncc(c3n2)-c2cccc(c2)N1. The van der Waals surface area contributed by atoms with Crippen LogP contribution in [0.4, 0.5) is 11.5 Å². The quantitative estimate of drug-likeness (QED) is 0.670. The molecule has 0 atom stereocenters. The van der Waals surface area contributed by atoms with E-state index in [-0.39, 0.29) is 5.91 Å². The third-order valence-corrected chi connectivity index (χ3v) is 3.96. The van der Waals surface area contributed by atoms with Crippen LogP contribution in [0.1, 0.15) is 19.3 Å². The number of hydrogen-bond donors (Lipinski definition) is 2. The van der Waals surface area contributed by atoms with Crippen molar-refractivity contribution >= 4 is 23.1 Å². The monoisotopic (exact) mass is 307 g/mol. The number of aromatic nitrogens is 3. The Morgan fingerprint density at radius 1 is 1.17 bits per heavy atom. The maximum atomic E-state index is 12.0. The van der Waals surface area contributed by atoms with E-state index < -0.39 is 0 Å². The lowest BCUT2D eigenvalue weighted by Crippen LogP contribution is -2.12. The summed E-state index contributed by atoms with van der Waals surface area (Å²) in [6.07, 6.45) is 6.01. The largest absolute Gasteiger partial charge is 0.370 e. The molecular formula is C17H17N5O. The van der Waals surface area contributed by atoms with Crippen molar-refractivity contribution < 1.29 is 4.79 Å². The number of fused-ring (bicyclic) bond motifs is 4. The third-order valence-electron chi connectivity index (χ3n) is 3.96. The van der Waals surface area contributed by atoms with Gasteiger partial charge in [-0.05, 0) is 36.6 Å². The highest BCUT2D eigenvalue weighted by Crippen LogP contribution is 2.26. The Kier molecular flexibility index (Phi) is 3.42.